The molecule has 0 aliphatic carbocycles. The van der Waals surface area contributed by atoms with Crippen LogP contribution >= 0.6 is 0 Å². The third kappa shape index (κ3) is 4.52. The van der Waals surface area contributed by atoms with Crippen LogP contribution in [0.4, 0.5) is 0 Å². The average Bonchev–Trinajstić information content (AvgIpc) is 2.70. The number of pyridine rings is 1. The molecule has 142 valence electrons. The SMILES string of the molecule is COC(=O)c1ccc(C)c(-c2ccc(CC(=O)Cc3cccnc3C)cc2)c1. The van der Waals surface area contributed by atoms with Crippen molar-refractivity contribution < 1.29 is 14.3 Å². The minimum atomic E-state index is -0.353. The lowest BCUT2D eigenvalue weighted by atomic mass is 9.96. The number of ketones is 1. The molecule has 2 aromatic carbocycles. The molecule has 0 aliphatic rings. The number of carbonyl (C=O) groups excluding carboxylic acids is 2. The number of esters is 1. The lowest BCUT2D eigenvalue weighted by Crippen LogP contribution is -2.08. The molecule has 0 N–H and O–H groups in total. The van der Waals surface area contributed by atoms with E-state index in [1.165, 1.54) is 7.11 Å². The highest BCUT2D eigenvalue weighted by Gasteiger charge is 2.11. The average molecular weight is 373 g/mol. The van der Waals surface area contributed by atoms with Crippen molar-refractivity contribution in [3.05, 3.63) is 88.7 Å². The van der Waals surface area contributed by atoms with Crippen LogP contribution in [-0.4, -0.2) is 23.8 Å². The molecule has 0 aliphatic heterocycles. The van der Waals surface area contributed by atoms with Crippen molar-refractivity contribution in [2.45, 2.75) is 26.7 Å². The molecule has 0 saturated carbocycles. The van der Waals surface area contributed by atoms with Crippen LogP contribution in [0.5, 0.6) is 0 Å². The van der Waals surface area contributed by atoms with Crippen molar-refractivity contribution in [1.29, 1.82) is 0 Å². The molecule has 0 fully saturated rings. The van der Waals surface area contributed by atoms with Gasteiger partial charge in [0.05, 0.1) is 12.7 Å². The Kier molecular flexibility index (Phi) is 5.99. The maximum Gasteiger partial charge on any atom is 0.337 e. The number of nitrogens with zero attached hydrogens (tertiary/aromatic N) is 1. The van der Waals surface area contributed by atoms with Crippen molar-refractivity contribution in [2.75, 3.05) is 7.11 Å². The highest BCUT2D eigenvalue weighted by atomic mass is 16.5. The standard InChI is InChI=1S/C24H23NO3/c1-16-6-9-21(24(27)28-3)15-23(16)19-10-7-18(8-11-19)13-22(26)14-20-5-4-12-25-17(20)2/h4-12,15H,13-14H2,1-3H3. The van der Waals surface area contributed by atoms with Gasteiger partial charge >= 0.3 is 5.97 Å². The van der Waals surface area contributed by atoms with E-state index in [0.29, 0.717) is 18.4 Å². The first-order chi connectivity index (χ1) is 13.5. The Morgan fingerprint density at radius 3 is 2.39 bits per heavy atom. The zero-order chi connectivity index (χ0) is 20.1. The summed E-state index contributed by atoms with van der Waals surface area (Å²) >= 11 is 0. The number of benzene rings is 2. The number of hydrogen-bond donors (Lipinski definition) is 0. The normalized spacial score (nSPS) is 10.5. The third-order valence-electron chi connectivity index (χ3n) is 4.83. The topological polar surface area (TPSA) is 56.3 Å². The third-order valence-corrected chi connectivity index (χ3v) is 4.83. The Balaban J connectivity index is 1.74. The van der Waals surface area contributed by atoms with Crippen molar-refractivity contribution in [1.82, 2.24) is 4.98 Å². The number of rotatable bonds is 6. The number of Topliss-reactive ketones (excluding diaryl/α,β-unsaturated/α-hetero) is 1. The Morgan fingerprint density at radius 1 is 0.964 bits per heavy atom. The van der Waals surface area contributed by atoms with Gasteiger partial charge in [0, 0.05) is 24.7 Å². The zero-order valence-electron chi connectivity index (χ0n) is 16.4. The fourth-order valence-corrected chi connectivity index (χ4v) is 3.19. The molecule has 4 nitrogen and oxygen atoms in total. The Morgan fingerprint density at radius 2 is 1.71 bits per heavy atom. The second kappa shape index (κ2) is 8.61. The first-order valence-electron chi connectivity index (χ1n) is 9.18. The van der Waals surface area contributed by atoms with Crippen LogP contribution in [0.15, 0.2) is 60.8 Å². The molecule has 3 aromatic rings. The Hall–Kier alpha value is -3.27. The van der Waals surface area contributed by atoms with E-state index in [4.69, 9.17) is 4.74 Å². The van der Waals surface area contributed by atoms with E-state index >= 15 is 0 Å². The van der Waals surface area contributed by atoms with Gasteiger partial charge in [-0.1, -0.05) is 36.4 Å². The quantitative estimate of drug-likeness (QED) is 0.597. The van der Waals surface area contributed by atoms with Crippen molar-refractivity contribution in [2.24, 2.45) is 0 Å². The molecule has 28 heavy (non-hydrogen) atoms. The summed E-state index contributed by atoms with van der Waals surface area (Å²) in [6, 6.07) is 17.2. The van der Waals surface area contributed by atoms with E-state index < -0.39 is 0 Å². The van der Waals surface area contributed by atoms with E-state index in [1.807, 2.05) is 62.4 Å². The number of methoxy groups -OCH3 is 1. The minimum absolute atomic E-state index is 0.160. The first kappa shape index (κ1) is 19.5. The van der Waals surface area contributed by atoms with Crippen molar-refractivity contribution in [3.63, 3.8) is 0 Å². The summed E-state index contributed by atoms with van der Waals surface area (Å²) in [4.78, 5) is 28.4. The van der Waals surface area contributed by atoms with Gasteiger partial charge in [-0.3, -0.25) is 9.78 Å². The van der Waals surface area contributed by atoms with Crippen molar-refractivity contribution in [3.8, 4) is 11.1 Å². The summed E-state index contributed by atoms with van der Waals surface area (Å²) in [5.74, 6) is -0.193. The Bertz CT molecular complexity index is 1010. The molecule has 0 saturated heterocycles. The van der Waals surface area contributed by atoms with Gasteiger partial charge in [0.1, 0.15) is 5.78 Å². The number of hydrogen-bond acceptors (Lipinski definition) is 4. The largest absolute Gasteiger partial charge is 0.465 e. The van der Waals surface area contributed by atoms with E-state index in [2.05, 4.69) is 4.98 Å². The molecule has 0 unspecified atom stereocenters. The van der Waals surface area contributed by atoms with Gasteiger partial charge in [0.2, 0.25) is 0 Å². The summed E-state index contributed by atoms with van der Waals surface area (Å²) in [7, 11) is 1.38. The predicted octanol–water partition coefficient (Wildman–Crippen LogP) is 4.51. The fraction of sp³-hybridized carbons (Fsp3) is 0.208. The van der Waals surface area contributed by atoms with Gasteiger partial charge in [0.25, 0.3) is 0 Å². The number of aryl methyl sites for hydroxylation is 2. The number of carbonyl (C=O) groups is 2. The molecule has 1 aromatic heterocycles. The molecule has 3 rings (SSSR count). The number of ether oxygens (including phenoxy) is 1. The molecule has 4 heteroatoms. The summed E-state index contributed by atoms with van der Waals surface area (Å²) in [6.45, 7) is 3.92. The molecule has 0 amide bonds. The van der Waals surface area contributed by atoms with Gasteiger partial charge in [-0.25, -0.2) is 4.79 Å². The summed E-state index contributed by atoms with van der Waals surface area (Å²) < 4.78 is 4.81. The van der Waals surface area contributed by atoms with E-state index in [0.717, 1.165) is 33.5 Å². The highest BCUT2D eigenvalue weighted by Crippen LogP contribution is 2.25. The smallest absolute Gasteiger partial charge is 0.337 e. The van der Waals surface area contributed by atoms with Crippen LogP contribution in [0, 0.1) is 13.8 Å². The van der Waals surface area contributed by atoms with Crippen LogP contribution in [0.25, 0.3) is 11.1 Å². The van der Waals surface area contributed by atoms with E-state index in [9.17, 15) is 9.59 Å². The predicted molar refractivity (Wildman–Crippen MR) is 109 cm³/mol. The van der Waals surface area contributed by atoms with Gasteiger partial charge in [0.15, 0.2) is 0 Å². The molecular weight excluding hydrogens is 350 g/mol. The van der Waals surface area contributed by atoms with Gasteiger partial charge < -0.3 is 4.74 Å². The minimum Gasteiger partial charge on any atom is -0.465 e. The summed E-state index contributed by atoms with van der Waals surface area (Å²) in [5, 5.41) is 0. The van der Waals surface area contributed by atoms with Crippen LogP contribution in [-0.2, 0) is 22.4 Å². The molecule has 0 bridgehead atoms. The zero-order valence-corrected chi connectivity index (χ0v) is 16.4. The van der Waals surface area contributed by atoms with Crippen molar-refractivity contribution >= 4 is 11.8 Å². The maximum absolute atomic E-state index is 12.4. The monoisotopic (exact) mass is 373 g/mol. The summed E-state index contributed by atoms with van der Waals surface area (Å²) in [6.07, 6.45) is 2.51. The fourth-order valence-electron chi connectivity index (χ4n) is 3.19. The molecule has 1 heterocycles. The molecule has 0 spiro atoms. The van der Waals surface area contributed by atoms with Crippen LogP contribution < -0.4 is 0 Å². The van der Waals surface area contributed by atoms with Gasteiger partial charge in [-0.2, -0.15) is 0 Å². The number of aromatic nitrogens is 1. The van der Waals surface area contributed by atoms with Crippen LogP contribution in [0.2, 0.25) is 0 Å². The highest BCUT2D eigenvalue weighted by molar-refractivity contribution is 5.91. The van der Waals surface area contributed by atoms with E-state index in [1.54, 1.807) is 12.3 Å². The lowest BCUT2D eigenvalue weighted by molar-refractivity contribution is -0.117. The molecule has 0 radical (unpaired) electrons. The first-order valence-corrected chi connectivity index (χ1v) is 9.18. The maximum atomic E-state index is 12.4. The van der Waals surface area contributed by atoms with Crippen LogP contribution in [0.1, 0.15) is 32.7 Å². The van der Waals surface area contributed by atoms with Gasteiger partial charge in [-0.15, -0.1) is 0 Å². The van der Waals surface area contributed by atoms with E-state index in [-0.39, 0.29) is 11.8 Å². The second-order valence-electron chi connectivity index (χ2n) is 6.86. The van der Waals surface area contributed by atoms with Crippen LogP contribution in [0.3, 0.4) is 0 Å². The Labute approximate surface area is 165 Å². The lowest BCUT2D eigenvalue weighted by Gasteiger charge is -2.10. The summed E-state index contributed by atoms with van der Waals surface area (Å²) in [5.41, 5.74) is 6.41. The van der Waals surface area contributed by atoms with Gasteiger partial charge in [-0.05, 0) is 59.9 Å². The molecule has 0 atom stereocenters. The molecular formula is C24H23NO3. The second-order valence-corrected chi connectivity index (χ2v) is 6.86.